The van der Waals surface area contributed by atoms with Gasteiger partial charge in [0.25, 0.3) is 0 Å². The van der Waals surface area contributed by atoms with Crippen molar-refractivity contribution in [3.63, 3.8) is 0 Å². The monoisotopic (exact) mass is 351 g/mol. The van der Waals surface area contributed by atoms with Crippen LogP contribution in [-0.4, -0.2) is 15.8 Å². The van der Waals surface area contributed by atoms with Crippen LogP contribution >= 0.6 is 11.8 Å². The number of nitriles is 1. The standard InChI is InChI=1S/C21H21NO2S/c1-13(14-3-4-14)15-5-7-17-18(11-15)16(12-22)6-8-19(17)25-21(20(23)24)9-2-10-21/h5-8,11,13-14H,2-4,9-10H2,1H3,(H,23,24). The molecular weight excluding hydrogens is 330 g/mol. The summed E-state index contributed by atoms with van der Waals surface area (Å²) < 4.78 is -0.693. The number of nitrogens with zero attached hydrogens (tertiary/aromatic N) is 1. The SMILES string of the molecule is CC(c1ccc2c(SC3(C(=O)O)CCC3)ccc(C#N)c2c1)C1CC1. The third kappa shape index (κ3) is 2.81. The quantitative estimate of drug-likeness (QED) is 0.791. The first-order chi connectivity index (χ1) is 12.0. The van der Waals surface area contributed by atoms with Crippen molar-refractivity contribution in [2.45, 2.75) is 54.6 Å². The molecule has 0 amide bonds. The number of hydrogen-bond donors (Lipinski definition) is 1. The Labute approximate surface area is 152 Å². The first kappa shape index (κ1) is 16.5. The third-order valence-electron chi connectivity index (χ3n) is 5.83. The lowest BCUT2D eigenvalue weighted by Gasteiger charge is -2.37. The number of carboxylic acids is 1. The van der Waals surface area contributed by atoms with E-state index in [0.29, 0.717) is 24.3 Å². The van der Waals surface area contributed by atoms with Crippen LogP contribution in [-0.2, 0) is 4.79 Å². The van der Waals surface area contributed by atoms with Gasteiger partial charge in [0.2, 0.25) is 0 Å². The third-order valence-corrected chi connectivity index (χ3v) is 7.38. The average Bonchev–Trinajstić information content (AvgIpc) is 3.41. The van der Waals surface area contributed by atoms with E-state index in [0.717, 1.165) is 28.0 Å². The van der Waals surface area contributed by atoms with Crippen LogP contribution in [0.5, 0.6) is 0 Å². The fourth-order valence-electron chi connectivity index (χ4n) is 3.74. The molecule has 2 aliphatic rings. The highest BCUT2D eigenvalue weighted by atomic mass is 32.2. The number of carbonyl (C=O) groups is 1. The van der Waals surface area contributed by atoms with Crippen LogP contribution in [0.15, 0.2) is 35.2 Å². The van der Waals surface area contributed by atoms with Crippen molar-refractivity contribution >= 4 is 28.5 Å². The predicted molar refractivity (Wildman–Crippen MR) is 99.9 cm³/mol. The van der Waals surface area contributed by atoms with Crippen LogP contribution in [0.25, 0.3) is 10.8 Å². The van der Waals surface area contributed by atoms with Gasteiger partial charge in [0.1, 0.15) is 4.75 Å². The first-order valence-electron chi connectivity index (χ1n) is 8.93. The van der Waals surface area contributed by atoms with Crippen LogP contribution in [0.3, 0.4) is 0 Å². The van der Waals surface area contributed by atoms with Crippen LogP contribution in [0.1, 0.15) is 56.1 Å². The fraction of sp³-hybridized carbons (Fsp3) is 0.429. The second-order valence-electron chi connectivity index (χ2n) is 7.41. The van der Waals surface area contributed by atoms with Gasteiger partial charge in [0.05, 0.1) is 11.6 Å². The van der Waals surface area contributed by atoms with Gasteiger partial charge in [-0.1, -0.05) is 19.1 Å². The fourth-order valence-corrected chi connectivity index (χ4v) is 5.17. The van der Waals surface area contributed by atoms with Gasteiger partial charge >= 0.3 is 5.97 Å². The topological polar surface area (TPSA) is 61.1 Å². The molecule has 0 radical (unpaired) electrons. The molecule has 1 N–H and O–H groups in total. The molecular formula is C21H21NO2S. The number of benzene rings is 2. The highest BCUT2D eigenvalue weighted by molar-refractivity contribution is 8.01. The number of fused-ring (bicyclic) bond motifs is 1. The molecule has 0 aliphatic heterocycles. The van der Waals surface area contributed by atoms with Gasteiger partial charge in [-0.25, -0.2) is 0 Å². The Bertz CT molecular complexity index is 891. The molecule has 4 rings (SSSR count). The van der Waals surface area contributed by atoms with E-state index in [2.05, 4.69) is 31.2 Å². The van der Waals surface area contributed by atoms with Gasteiger partial charge in [0, 0.05) is 10.3 Å². The van der Waals surface area contributed by atoms with Crippen LogP contribution in [0, 0.1) is 17.2 Å². The Hall–Kier alpha value is -1.99. The van der Waals surface area contributed by atoms with E-state index in [-0.39, 0.29) is 0 Å². The van der Waals surface area contributed by atoms with Gasteiger partial charge in [-0.3, -0.25) is 4.79 Å². The molecule has 2 aliphatic carbocycles. The van der Waals surface area contributed by atoms with Gasteiger partial charge < -0.3 is 5.11 Å². The molecule has 0 bridgehead atoms. The molecule has 2 aromatic carbocycles. The summed E-state index contributed by atoms with van der Waals surface area (Å²) in [6, 6.07) is 12.4. The summed E-state index contributed by atoms with van der Waals surface area (Å²) in [5, 5.41) is 21.1. The smallest absolute Gasteiger partial charge is 0.320 e. The number of carboxylic acid groups (broad SMARTS) is 1. The Morgan fingerprint density at radius 3 is 2.60 bits per heavy atom. The molecule has 25 heavy (non-hydrogen) atoms. The maximum Gasteiger partial charge on any atom is 0.320 e. The number of aliphatic carboxylic acids is 1. The maximum absolute atomic E-state index is 11.7. The van der Waals surface area contributed by atoms with E-state index in [9.17, 15) is 15.2 Å². The van der Waals surface area contributed by atoms with Crippen molar-refractivity contribution in [1.82, 2.24) is 0 Å². The molecule has 1 unspecified atom stereocenters. The lowest BCUT2D eigenvalue weighted by Crippen LogP contribution is -2.41. The van der Waals surface area contributed by atoms with E-state index in [1.807, 2.05) is 12.1 Å². The summed E-state index contributed by atoms with van der Waals surface area (Å²) in [5.74, 6) is 0.565. The predicted octanol–water partition coefficient (Wildman–Crippen LogP) is 5.32. The number of hydrogen-bond acceptors (Lipinski definition) is 3. The van der Waals surface area contributed by atoms with Gasteiger partial charge in [-0.05, 0) is 73.1 Å². The summed E-state index contributed by atoms with van der Waals surface area (Å²) in [4.78, 5) is 12.7. The zero-order valence-electron chi connectivity index (χ0n) is 14.3. The number of rotatable bonds is 5. The molecule has 128 valence electrons. The first-order valence-corrected chi connectivity index (χ1v) is 9.75. The zero-order valence-corrected chi connectivity index (χ0v) is 15.1. The molecule has 1 atom stereocenters. The Morgan fingerprint density at radius 1 is 1.28 bits per heavy atom. The Kier molecular flexibility index (Phi) is 4.00. The average molecular weight is 351 g/mol. The highest BCUT2D eigenvalue weighted by Crippen LogP contribution is 2.50. The lowest BCUT2D eigenvalue weighted by molar-refractivity contribution is -0.142. The van der Waals surface area contributed by atoms with E-state index in [1.54, 1.807) is 0 Å². The summed E-state index contributed by atoms with van der Waals surface area (Å²) in [7, 11) is 0. The second kappa shape index (κ2) is 6.07. The van der Waals surface area contributed by atoms with E-state index >= 15 is 0 Å². The highest BCUT2D eigenvalue weighted by Gasteiger charge is 2.45. The number of thioether (sulfide) groups is 1. The molecule has 2 fully saturated rings. The van der Waals surface area contributed by atoms with Crippen molar-refractivity contribution in [2.24, 2.45) is 5.92 Å². The van der Waals surface area contributed by atoms with Gasteiger partial charge in [0.15, 0.2) is 0 Å². The van der Waals surface area contributed by atoms with Crippen LogP contribution < -0.4 is 0 Å². The minimum atomic E-state index is -0.722. The Balaban J connectivity index is 1.78. The largest absolute Gasteiger partial charge is 0.480 e. The van der Waals surface area contributed by atoms with E-state index < -0.39 is 10.7 Å². The van der Waals surface area contributed by atoms with E-state index in [4.69, 9.17) is 0 Å². The van der Waals surface area contributed by atoms with Crippen LogP contribution in [0.4, 0.5) is 0 Å². The van der Waals surface area contributed by atoms with Gasteiger partial charge in [-0.2, -0.15) is 5.26 Å². The van der Waals surface area contributed by atoms with Gasteiger partial charge in [-0.15, -0.1) is 11.8 Å². The van der Waals surface area contributed by atoms with Crippen molar-refractivity contribution in [3.05, 3.63) is 41.5 Å². The molecule has 2 aromatic rings. The van der Waals surface area contributed by atoms with Crippen molar-refractivity contribution < 1.29 is 9.90 Å². The molecule has 4 heteroatoms. The summed E-state index contributed by atoms with van der Waals surface area (Å²) in [5.41, 5.74) is 1.95. The maximum atomic E-state index is 11.7. The molecule has 0 spiro atoms. The van der Waals surface area contributed by atoms with Crippen molar-refractivity contribution in [3.8, 4) is 6.07 Å². The van der Waals surface area contributed by atoms with E-state index in [1.165, 1.54) is 30.2 Å². The minimum absolute atomic E-state index is 0.518. The Morgan fingerprint density at radius 2 is 2.04 bits per heavy atom. The summed E-state index contributed by atoms with van der Waals surface area (Å²) in [6.07, 6.45) is 4.98. The molecule has 0 aromatic heterocycles. The lowest BCUT2D eigenvalue weighted by atomic mass is 9.84. The summed E-state index contributed by atoms with van der Waals surface area (Å²) >= 11 is 1.46. The molecule has 2 saturated carbocycles. The van der Waals surface area contributed by atoms with Crippen LogP contribution in [0.2, 0.25) is 0 Å². The summed E-state index contributed by atoms with van der Waals surface area (Å²) in [6.45, 7) is 2.26. The molecule has 3 nitrogen and oxygen atoms in total. The second-order valence-corrected chi connectivity index (χ2v) is 8.83. The van der Waals surface area contributed by atoms with Crippen molar-refractivity contribution in [1.29, 1.82) is 5.26 Å². The molecule has 0 saturated heterocycles. The molecule has 0 heterocycles. The minimum Gasteiger partial charge on any atom is -0.480 e. The zero-order chi connectivity index (χ0) is 17.6. The normalized spacial score (nSPS) is 19.8. The van der Waals surface area contributed by atoms with Crippen molar-refractivity contribution in [2.75, 3.05) is 0 Å².